The van der Waals surface area contributed by atoms with E-state index >= 15 is 0 Å². The molecule has 0 aliphatic heterocycles. The highest BCUT2D eigenvalue weighted by Crippen LogP contribution is 2.52. The van der Waals surface area contributed by atoms with Crippen LogP contribution in [0.15, 0.2) is 228 Å². The number of fused-ring (bicyclic) bond motifs is 3. The summed E-state index contributed by atoms with van der Waals surface area (Å²) in [6.45, 7) is 17.5. The molecule has 1 N–H and O–H groups in total. The Morgan fingerprint density at radius 2 is 1.01 bits per heavy atom. The van der Waals surface area contributed by atoms with Crippen LogP contribution < -0.4 is 9.80 Å². The highest BCUT2D eigenvalue weighted by Gasteiger charge is 2.28. The molecule has 0 saturated carbocycles. The predicted octanol–water partition coefficient (Wildman–Crippen LogP) is 22.3. The lowest BCUT2D eigenvalue weighted by atomic mass is 9.90. The number of rotatable bonds is 13. The first-order chi connectivity index (χ1) is 39.2. The summed E-state index contributed by atoms with van der Waals surface area (Å²) in [6.07, 6.45) is 8.72. The summed E-state index contributed by atoms with van der Waals surface area (Å²) in [5.74, 6) is 0.948. The standard InChI is InChI=1S/C74H64N2O2.C2H6/c1-7-48-19-9-11-27-58(48)54-23-13-24-55(43-54)60-29-17-33-68(72(60)77)75(56-25-14-21-52(44-56)46(3)4)66-41-37-50-36-40-65-67(42-38-51-35-39-64(66)70(50)71(51)65)76(57-26-15-22-53(45-57)47(5)6)69-34-18-32-63-62-31-16-30-61(73(62)78-74(63)69)59-28-12-10-20-49(59)8-2;1-2/h9-14,16-21,23-47,77H,7-8,15,22H2,1-6H3;1-2H3. The van der Waals surface area contributed by atoms with Crippen LogP contribution in [0.25, 0.3) is 87.6 Å². The minimum atomic E-state index is 0.230. The Hall–Kier alpha value is -8.86. The second-order valence-corrected chi connectivity index (χ2v) is 21.8. The van der Waals surface area contributed by atoms with Crippen molar-refractivity contribution in [3.05, 3.63) is 240 Å². The maximum atomic E-state index is 12.9. The number of nitrogens with zero attached hydrogens (tertiary/aromatic N) is 2. The summed E-state index contributed by atoms with van der Waals surface area (Å²) in [5.41, 5.74) is 19.4. The number of phenols is 1. The number of allylic oxidation sites excluding steroid dienone is 3. The number of aromatic hydroxyl groups is 1. The topological polar surface area (TPSA) is 39.9 Å². The molecule has 396 valence electrons. The fraction of sp³-hybridized carbons (Fsp3) is 0.184. The number of phenolic OH excluding ortho intramolecular Hbond substituents is 1. The first-order valence-electron chi connectivity index (χ1n) is 29.0. The van der Waals surface area contributed by atoms with Crippen molar-refractivity contribution < 1.29 is 9.52 Å². The molecule has 0 amide bonds. The fourth-order valence-electron chi connectivity index (χ4n) is 12.5. The maximum Gasteiger partial charge on any atom is 0.159 e. The van der Waals surface area contributed by atoms with Gasteiger partial charge >= 0.3 is 0 Å². The molecule has 0 unspecified atom stereocenters. The van der Waals surface area contributed by atoms with E-state index in [1.165, 1.54) is 49.5 Å². The first-order valence-corrected chi connectivity index (χ1v) is 29.0. The first kappa shape index (κ1) is 51.9. The molecular formula is C76H70N2O2. The quantitative estimate of drug-likeness (QED) is 0.117. The lowest BCUT2D eigenvalue weighted by Gasteiger charge is -2.31. The van der Waals surface area contributed by atoms with E-state index in [2.05, 4.69) is 258 Å². The molecule has 1 aliphatic carbocycles. The number of furan rings is 1. The van der Waals surface area contributed by atoms with Crippen molar-refractivity contribution in [1.82, 2.24) is 0 Å². The Morgan fingerprint density at radius 3 is 1.70 bits per heavy atom. The largest absolute Gasteiger partial charge is 0.505 e. The number of hydrogen-bond donors (Lipinski definition) is 1. The number of hydrogen-bond acceptors (Lipinski definition) is 4. The zero-order valence-electron chi connectivity index (χ0n) is 47.4. The minimum Gasteiger partial charge on any atom is -0.505 e. The van der Waals surface area contributed by atoms with Crippen molar-refractivity contribution in [3.8, 4) is 39.1 Å². The summed E-state index contributed by atoms with van der Waals surface area (Å²) in [7, 11) is 0. The molecule has 0 radical (unpaired) electrons. The monoisotopic (exact) mass is 1040 g/mol. The Balaban J connectivity index is 0.00000315. The molecule has 1 aliphatic rings. The van der Waals surface area contributed by atoms with Gasteiger partial charge in [-0.05, 0) is 147 Å². The van der Waals surface area contributed by atoms with Gasteiger partial charge < -0.3 is 19.3 Å². The minimum absolute atomic E-state index is 0.230. The van der Waals surface area contributed by atoms with Crippen LogP contribution in [0.5, 0.6) is 5.75 Å². The Kier molecular flexibility index (Phi) is 14.1. The van der Waals surface area contributed by atoms with Gasteiger partial charge in [0, 0.05) is 44.1 Å². The molecular weight excluding hydrogens is 973 g/mol. The maximum absolute atomic E-state index is 12.9. The van der Waals surface area contributed by atoms with Gasteiger partial charge in [0.15, 0.2) is 5.58 Å². The van der Waals surface area contributed by atoms with E-state index in [0.717, 1.165) is 114 Å². The lowest BCUT2D eigenvalue weighted by Crippen LogP contribution is -2.18. The van der Waals surface area contributed by atoms with Gasteiger partial charge in [0.05, 0.1) is 22.7 Å². The van der Waals surface area contributed by atoms with Gasteiger partial charge in [-0.15, -0.1) is 0 Å². The Morgan fingerprint density at radius 1 is 0.463 bits per heavy atom. The van der Waals surface area contributed by atoms with Gasteiger partial charge in [0.25, 0.3) is 0 Å². The molecule has 0 atom stereocenters. The van der Waals surface area contributed by atoms with Crippen LogP contribution in [0.1, 0.15) is 90.8 Å². The van der Waals surface area contributed by atoms with Crippen molar-refractivity contribution in [2.24, 2.45) is 5.92 Å². The number of para-hydroxylation sites is 3. The molecule has 12 aromatic rings. The second-order valence-electron chi connectivity index (χ2n) is 21.8. The van der Waals surface area contributed by atoms with E-state index in [9.17, 15) is 5.11 Å². The molecule has 0 spiro atoms. The average molecular weight is 1040 g/mol. The van der Waals surface area contributed by atoms with Crippen LogP contribution in [-0.2, 0) is 12.8 Å². The normalized spacial score (nSPS) is 12.7. The second kappa shape index (κ2) is 21.8. The zero-order valence-corrected chi connectivity index (χ0v) is 47.4. The molecule has 4 nitrogen and oxygen atoms in total. The van der Waals surface area contributed by atoms with Crippen LogP contribution in [0, 0.1) is 5.92 Å². The van der Waals surface area contributed by atoms with Crippen molar-refractivity contribution in [2.75, 3.05) is 9.80 Å². The van der Waals surface area contributed by atoms with Crippen LogP contribution >= 0.6 is 0 Å². The number of benzene rings is 11. The number of aryl methyl sites for hydroxylation is 2. The molecule has 13 rings (SSSR count). The SMILES string of the molecule is CC.CCc1ccccc1-c1cccc(-c2cccc(N(c3cccc(C(C)C)c3)c3ccc4ccc5c(N(C6=CCCC(C(C)C)=C6)c6cccc7c6oc6c(-c8ccccc8CC)cccc67)ccc6ccc3c4c65)c2O)c1. The van der Waals surface area contributed by atoms with Gasteiger partial charge in [-0.3, -0.25) is 0 Å². The summed E-state index contributed by atoms with van der Waals surface area (Å²) < 4.78 is 7.28. The van der Waals surface area contributed by atoms with Gasteiger partial charge in [0.2, 0.25) is 0 Å². The van der Waals surface area contributed by atoms with Crippen molar-refractivity contribution in [1.29, 1.82) is 0 Å². The molecule has 0 fully saturated rings. The van der Waals surface area contributed by atoms with E-state index in [0.29, 0.717) is 17.5 Å². The third-order valence-corrected chi connectivity index (χ3v) is 16.6. The summed E-state index contributed by atoms with van der Waals surface area (Å²) >= 11 is 0. The summed E-state index contributed by atoms with van der Waals surface area (Å²) in [5, 5.41) is 22.0. The third kappa shape index (κ3) is 8.97. The Bertz CT molecular complexity index is 4340. The predicted molar refractivity (Wildman–Crippen MR) is 343 cm³/mol. The van der Waals surface area contributed by atoms with Gasteiger partial charge in [-0.1, -0.05) is 225 Å². The van der Waals surface area contributed by atoms with Crippen molar-refractivity contribution >= 4 is 82.7 Å². The van der Waals surface area contributed by atoms with Gasteiger partial charge in [0.1, 0.15) is 11.3 Å². The Labute approximate surface area is 471 Å². The molecule has 1 aromatic heterocycles. The van der Waals surface area contributed by atoms with E-state index in [1.54, 1.807) is 0 Å². The van der Waals surface area contributed by atoms with Crippen LogP contribution in [0.4, 0.5) is 28.4 Å². The molecule has 4 heteroatoms. The van der Waals surface area contributed by atoms with Crippen molar-refractivity contribution in [3.63, 3.8) is 0 Å². The molecule has 0 saturated heterocycles. The smallest absolute Gasteiger partial charge is 0.159 e. The molecule has 1 heterocycles. The van der Waals surface area contributed by atoms with Crippen LogP contribution in [-0.4, -0.2) is 5.11 Å². The fourth-order valence-corrected chi connectivity index (χ4v) is 12.5. The van der Waals surface area contributed by atoms with Gasteiger partial charge in [-0.25, -0.2) is 0 Å². The highest BCUT2D eigenvalue weighted by atomic mass is 16.3. The highest BCUT2D eigenvalue weighted by molar-refractivity contribution is 6.28. The third-order valence-electron chi connectivity index (χ3n) is 16.6. The number of anilines is 5. The van der Waals surface area contributed by atoms with Crippen molar-refractivity contribution in [2.45, 2.75) is 87.0 Å². The molecule has 0 bridgehead atoms. The van der Waals surface area contributed by atoms with Gasteiger partial charge in [-0.2, -0.15) is 0 Å². The van der Waals surface area contributed by atoms with E-state index in [1.807, 2.05) is 19.9 Å². The molecule has 80 heavy (non-hydrogen) atoms. The molecule has 11 aromatic carbocycles. The van der Waals surface area contributed by atoms with Crippen LogP contribution in [0.2, 0.25) is 0 Å². The van der Waals surface area contributed by atoms with E-state index < -0.39 is 0 Å². The zero-order chi connectivity index (χ0) is 55.2. The van der Waals surface area contributed by atoms with E-state index in [-0.39, 0.29) is 5.75 Å². The summed E-state index contributed by atoms with van der Waals surface area (Å²) in [4.78, 5) is 4.75. The average Bonchev–Trinajstić information content (AvgIpc) is 4.08. The van der Waals surface area contributed by atoms with Crippen LogP contribution in [0.3, 0.4) is 0 Å². The van der Waals surface area contributed by atoms with E-state index in [4.69, 9.17) is 4.42 Å². The lowest BCUT2D eigenvalue weighted by molar-refractivity contribution is 0.478. The summed E-state index contributed by atoms with van der Waals surface area (Å²) in [6, 6.07) is 72.5.